The highest BCUT2D eigenvalue weighted by Gasteiger charge is 2.24. The number of piperazine rings is 1. The first-order valence-corrected chi connectivity index (χ1v) is 12.4. The number of benzene rings is 2. The summed E-state index contributed by atoms with van der Waals surface area (Å²) in [5.41, 5.74) is 2.28. The molecule has 6 nitrogen and oxygen atoms in total. The summed E-state index contributed by atoms with van der Waals surface area (Å²) >= 11 is 0. The van der Waals surface area contributed by atoms with Gasteiger partial charge < -0.3 is 10.2 Å². The number of nitrogens with zero attached hydrogens (tertiary/aromatic N) is 4. The SMILES string of the molecule is O=NN(CCCCN1CCN(C2CCCCC2)CC1)c1ccccc1Nc1ccc(F)cc1. The second-order valence-electron chi connectivity index (χ2n) is 9.23. The molecule has 0 amide bonds. The van der Waals surface area contributed by atoms with E-state index >= 15 is 0 Å². The Morgan fingerprint density at radius 1 is 0.939 bits per heavy atom. The van der Waals surface area contributed by atoms with Crippen molar-refractivity contribution in [1.29, 1.82) is 0 Å². The van der Waals surface area contributed by atoms with E-state index in [2.05, 4.69) is 20.4 Å². The highest BCUT2D eigenvalue weighted by molar-refractivity contribution is 5.74. The molecule has 1 aliphatic carbocycles. The number of nitrogens with one attached hydrogen (secondary N) is 1. The molecule has 0 spiro atoms. The first-order valence-electron chi connectivity index (χ1n) is 12.4. The largest absolute Gasteiger partial charge is 0.354 e. The van der Waals surface area contributed by atoms with Crippen LogP contribution >= 0.6 is 0 Å². The van der Waals surface area contributed by atoms with Gasteiger partial charge in [0.25, 0.3) is 0 Å². The summed E-state index contributed by atoms with van der Waals surface area (Å²) in [5, 5.41) is 8.07. The van der Waals surface area contributed by atoms with Gasteiger partial charge in [0.2, 0.25) is 0 Å². The van der Waals surface area contributed by atoms with Gasteiger partial charge in [0.05, 0.1) is 16.7 Å². The number of halogens is 1. The maximum atomic E-state index is 13.2. The zero-order valence-electron chi connectivity index (χ0n) is 19.5. The minimum Gasteiger partial charge on any atom is -0.354 e. The smallest absolute Gasteiger partial charge is 0.123 e. The van der Waals surface area contributed by atoms with Crippen LogP contribution in [0.15, 0.2) is 53.8 Å². The Bertz CT molecular complexity index is 863. The lowest BCUT2D eigenvalue weighted by Gasteiger charge is -2.40. The minimum absolute atomic E-state index is 0.277. The molecule has 0 bridgehead atoms. The van der Waals surface area contributed by atoms with E-state index in [1.165, 1.54) is 62.3 Å². The minimum atomic E-state index is -0.277. The lowest BCUT2D eigenvalue weighted by molar-refractivity contribution is 0.0783. The lowest BCUT2D eigenvalue weighted by atomic mass is 9.94. The Morgan fingerprint density at radius 3 is 2.39 bits per heavy atom. The van der Waals surface area contributed by atoms with E-state index < -0.39 is 0 Å². The first-order chi connectivity index (χ1) is 16.2. The van der Waals surface area contributed by atoms with Crippen LogP contribution in [0.2, 0.25) is 0 Å². The molecule has 33 heavy (non-hydrogen) atoms. The number of anilines is 3. The van der Waals surface area contributed by atoms with Gasteiger partial charge in [-0.3, -0.25) is 4.90 Å². The number of unbranched alkanes of at least 4 members (excludes halogenated alkanes) is 1. The van der Waals surface area contributed by atoms with Crippen molar-refractivity contribution in [3.8, 4) is 0 Å². The Labute approximate surface area is 196 Å². The molecule has 0 atom stereocenters. The highest BCUT2D eigenvalue weighted by Crippen LogP contribution is 2.29. The molecule has 1 saturated heterocycles. The molecule has 4 rings (SSSR count). The molecule has 178 valence electrons. The van der Waals surface area contributed by atoms with Gasteiger partial charge in [-0.15, -0.1) is 4.91 Å². The van der Waals surface area contributed by atoms with Crippen LogP contribution < -0.4 is 10.3 Å². The van der Waals surface area contributed by atoms with Crippen molar-refractivity contribution in [2.75, 3.05) is 49.6 Å². The molecular weight excluding hydrogens is 417 g/mol. The van der Waals surface area contributed by atoms with Crippen LogP contribution in [0.1, 0.15) is 44.9 Å². The summed E-state index contributed by atoms with van der Waals surface area (Å²) in [5.74, 6) is -0.277. The molecule has 0 aromatic heterocycles. The third-order valence-electron chi connectivity index (χ3n) is 7.00. The Balaban J connectivity index is 1.22. The average Bonchev–Trinajstić information content (AvgIpc) is 2.87. The molecule has 1 heterocycles. The van der Waals surface area contributed by atoms with Crippen LogP contribution in [-0.2, 0) is 0 Å². The van der Waals surface area contributed by atoms with E-state index in [1.807, 2.05) is 24.3 Å². The van der Waals surface area contributed by atoms with Gasteiger partial charge in [0, 0.05) is 44.5 Å². The fraction of sp³-hybridized carbons (Fsp3) is 0.538. The molecule has 2 aromatic carbocycles. The molecule has 2 aliphatic rings. The van der Waals surface area contributed by atoms with Gasteiger partial charge in [0.1, 0.15) is 5.82 Å². The van der Waals surface area contributed by atoms with Crippen LogP contribution in [0.25, 0.3) is 0 Å². The van der Waals surface area contributed by atoms with Gasteiger partial charge in [0.15, 0.2) is 0 Å². The van der Waals surface area contributed by atoms with Crippen LogP contribution in [0.5, 0.6) is 0 Å². The van der Waals surface area contributed by atoms with E-state index in [0.29, 0.717) is 6.54 Å². The third-order valence-corrected chi connectivity index (χ3v) is 7.00. The summed E-state index contributed by atoms with van der Waals surface area (Å²) in [4.78, 5) is 16.9. The Morgan fingerprint density at radius 2 is 1.67 bits per heavy atom. The first kappa shape index (κ1) is 23.6. The third kappa shape index (κ3) is 6.74. The second kappa shape index (κ2) is 12.1. The van der Waals surface area contributed by atoms with Gasteiger partial charge in [-0.1, -0.05) is 31.4 Å². The number of hydrogen-bond donors (Lipinski definition) is 1. The van der Waals surface area contributed by atoms with E-state index in [4.69, 9.17) is 0 Å². The molecule has 1 aliphatic heterocycles. The Kier molecular flexibility index (Phi) is 8.66. The molecule has 2 fully saturated rings. The standard InChI is InChI=1S/C26H36FN5O/c27-22-12-14-23(15-13-22)28-25-10-4-5-11-26(25)32(29-33)17-7-6-16-30-18-20-31(21-19-30)24-8-2-1-3-9-24/h4-5,10-15,24,28H,1-3,6-9,16-21H2. The fourth-order valence-electron chi connectivity index (χ4n) is 5.09. The number of hydrogen-bond acceptors (Lipinski definition) is 5. The summed E-state index contributed by atoms with van der Waals surface area (Å²) in [6, 6.07) is 14.6. The average molecular weight is 454 g/mol. The van der Waals surface area contributed by atoms with E-state index in [0.717, 1.165) is 55.6 Å². The predicted molar refractivity (Wildman–Crippen MR) is 133 cm³/mol. The maximum Gasteiger partial charge on any atom is 0.123 e. The lowest BCUT2D eigenvalue weighted by Crippen LogP contribution is -2.50. The van der Waals surface area contributed by atoms with Crippen molar-refractivity contribution in [1.82, 2.24) is 9.80 Å². The molecule has 7 heteroatoms. The second-order valence-corrected chi connectivity index (χ2v) is 9.23. The summed E-state index contributed by atoms with van der Waals surface area (Å²) in [6.07, 6.45) is 8.92. The van der Waals surface area contributed by atoms with E-state index in [1.54, 1.807) is 12.1 Å². The topological polar surface area (TPSA) is 51.2 Å². The molecule has 1 saturated carbocycles. The van der Waals surface area contributed by atoms with Crippen molar-refractivity contribution in [2.45, 2.75) is 51.0 Å². The van der Waals surface area contributed by atoms with Gasteiger partial charge in [-0.05, 0) is 68.6 Å². The van der Waals surface area contributed by atoms with Crippen LogP contribution in [0, 0.1) is 10.7 Å². The van der Waals surface area contributed by atoms with Crippen LogP contribution in [-0.4, -0.2) is 55.1 Å². The Hall–Kier alpha value is -2.51. The molecule has 0 unspecified atom stereocenters. The summed E-state index contributed by atoms with van der Waals surface area (Å²) < 4.78 is 13.2. The van der Waals surface area contributed by atoms with Gasteiger partial charge in [-0.2, -0.15) is 0 Å². The summed E-state index contributed by atoms with van der Waals surface area (Å²) in [7, 11) is 0. The zero-order chi connectivity index (χ0) is 22.9. The van der Waals surface area contributed by atoms with Gasteiger partial charge >= 0.3 is 0 Å². The number of nitroso groups, excluding NO2 is 1. The van der Waals surface area contributed by atoms with E-state index in [9.17, 15) is 9.30 Å². The fourth-order valence-corrected chi connectivity index (χ4v) is 5.09. The highest BCUT2D eigenvalue weighted by atomic mass is 19.1. The van der Waals surface area contributed by atoms with Crippen molar-refractivity contribution >= 4 is 17.1 Å². The number of para-hydroxylation sites is 2. The monoisotopic (exact) mass is 453 g/mol. The zero-order valence-corrected chi connectivity index (χ0v) is 19.5. The van der Waals surface area contributed by atoms with Crippen LogP contribution in [0.3, 0.4) is 0 Å². The molecular formula is C26H36FN5O. The number of rotatable bonds is 10. The molecule has 2 aromatic rings. The van der Waals surface area contributed by atoms with Crippen molar-refractivity contribution in [3.63, 3.8) is 0 Å². The molecule has 1 N–H and O–H groups in total. The summed E-state index contributed by atoms with van der Waals surface area (Å²) in [6.45, 7) is 6.33. The predicted octanol–water partition coefficient (Wildman–Crippen LogP) is 5.79. The molecule has 0 radical (unpaired) electrons. The van der Waals surface area contributed by atoms with Crippen molar-refractivity contribution in [2.24, 2.45) is 5.29 Å². The van der Waals surface area contributed by atoms with Gasteiger partial charge in [-0.25, -0.2) is 9.40 Å². The van der Waals surface area contributed by atoms with Crippen molar-refractivity contribution < 1.29 is 4.39 Å². The van der Waals surface area contributed by atoms with Crippen molar-refractivity contribution in [3.05, 3.63) is 59.3 Å². The van der Waals surface area contributed by atoms with Crippen LogP contribution in [0.4, 0.5) is 21.5 Å². The quantitative estimate of drug-likeness (QED) is 0.280. The normalized spacial score (nSPS) is 18.2. The van der Waals surface area contributed by atoms with E-state index in [-0.39, 0.29) is 5.82 Å². The maximum absolute atomic E-state index is 13.2.